The molecule has 20 heavy (non-hydrogen) atoms. The third-order valence-corrected chi connectivity index (χ3v) is 3.66. The van der Waals surface area contributed by atoms with Gasteiger partial charge >= 0.3 is 0 Å². The normalized spacial score (nSPS) is 10.4. The molecule has 0 aliphatic rings. The Hall–Kier alpha value is -1.24. The molecule has 0 spiro atoms. The van der Waals surface area contributed by atoms with Crippen LogP contribution in [0.2, 0.25) is 5.02 Å². The van der Waals surface area contributed by atoms with E-state index in [-0.39, 0.29) is 15.1 Å². The van der Waals surface area contributed by atoms with Crippen LogP contribution in [0.4, 0.5) is 20.2 Å². The topological polar surface area (TPSA) is 38.0 Å². The lowest BCUT2D eigenvalue weighted by Crippen LogP contribution is -2.10. The van der Waals surface area contributed by atoms with E-state index >= 15 is 0 Å². The molecular formula is C13H8BrClF2N2S. The zero-order valence-electron chi connectivity index (χ0n) is 9.88. The van der Waals surface area contributed by atoms with Crippen LogP contribution in [0.15, 0.2) is 34.8 Å². The lowest BCUT2D eigenvalue weighted by Gasteiger charge is -2.10. The maximum absolute atomic E-state index is 13.6. The summed E-state index contributed by atoms with van der Waals surface area (Å²) in [5, 5.41) is 3.16. The van der Waals surface area contributed by atoms with Crippen LogP contribution in [0.5, 0.6) is 0 Å². The summed E-state index contributed by atoms with van der Waals surface area (Å²) >= 11 is 13.9. The number of thiocarbonyl (C=S) groups is 1. The van der Waals surface area contributed by atoms with Crippen LogP contribution < -0.4 is 11.1 Å². The van der Waals surface area contributed by atoms with Gasteiger partial charge in [-0.15, -0.1) is 0 Å². The Bertz CT molecular complexity index is 694. The first-order valence-corrected chi connectivity index (χ1v) is 6.97. The van der Waals surface area contributed by atoms with Gasteiger partial charge in [-0.3, -0.25) is 0 Å². The van der Waals surface area contributed by atoms with Gasteiger partial charge in [-0.25, -0.2) is 8.78 Å². The molecule has 0 amide bonds. The summed E-state index contributed by atoms with van der Waals surface area (Å²) < 4.78 is 26.9. The Kier molecular flexibility index (Phi) is 4.57. The molecule has 0 aliphatic carbocycles. The first-order chi connectivity index (χ1) is 9.38. The highest BCUT2D eigenvalue weighted by molar-refractivity contribution is 9.10. The number of anilines is 2. The van der Waals surface area contributed by atoms with Crippen LogP contribution >= 0.6 is 39.7 Å². The maximum Gasteiger partial charge on any atom is 0.149 e. The molecule has 2 aromatic rings. The zero-order valence-corrected chi connectivity index (χ0v) is 13.0. The second-order valence-electron chi connectivity index (χ2n) is 3.93. The molecule has 0 bridgehead atoms. The second-order valence-corrected chi connectivity index (χ2v) is 5.63. The van der Waals surface area contributed by atoms with Crippen molar-refractivity contribution in [3.05, 3.63) is 57.0 Å². The summed E-state index contributed by atoms with van der Waals surface area (Å²) in [6.07, 6.45) is 0. The number of halogens is 4. The van der Waals surface area contributed by atoms with Gasteiger partial charge < -0.3 is 11.1 Å². The fraction of sp³-hybridized carbons (Fsp3) is 0. The third-order valence-electron chi connectivity index (χ3n) is 2.52. The first-order valence-electron chi connectivity index (χ1n) is 5.39. The van der Waals surface area contributed by atoms with Crippen molar-refractivity contribution in [2.75, 3.05) is 5.32 Å². The van der Waals surface area contributed by atoms with Gasteiger partial charge in [0, 0.05) is 17.3 Å². The van der Waals surface area contributed by atoms with E-state index in [4.69, 9.17) is 29.6 Å². The Morgan fingerprint density at radius 3 is 2.50 bits per heavy atom. The van der Waals surface area contributed by atoms with Gasteiger partial charge in [0.2, 0.25) is 0 Å². The van der Waals surface area contributed by atoms with E-state index in [0.717, 1.165) is 6.07 Å². The Balaban J connectivity index is 2.33. The molecule has 0 saturated heterocycles. The molecule has 7 heteroatoms. The predicted octanol–water partition coefficient (Wildman–Crippen LogP) is 4.76. The van der Waals surface area contributed by atoms with Gasteiger partial charge in [-0.1, -0.05) is 23.8 Å². The van der Waals surface area contributed by atoms with Crippen molar-refractivity contribution >= 4 is 56.1 Å². The molecule has 0 aromatic heterocycles. The number of hydrogen-bond donors (Lipinski definition) is 2. The van der Waals surface area contributed by atoms with Crippen LogP contribution in [-0.2, 0) is 0 Å². The lowest BCUT2D eigenvalue weighted by molar-refractivity contribution is 0.581. The molecule has 2 rings (SSSR count). The minimum atomic E-state index is -0.708. The van der Waals surface area contributed by atoms with E-state index in [2.05, 4.69) is 21.2 Å². The standard InChI is InChI=1S/C13H8BrClF2N2S/c14-8-4-12(11(17)5-10(8)16)19-6-1-2-7(13(18)20)9(15)3-6/h1-5,19H,(H2,18,20). The maximum atomic E-state index is 13.6. The first kappa shape index (κ1) is 15.2. The summed E-state index contributed by atoms with van der Waals surface area (Å²) in [5.41, 5.74) is 6.69. The smallest absolute Gasteiger partial charge is 0.149 e. The summed E-state index contributed by atoms with van der Waals surface area (Å²) in [5.74, 6) is -1.38. The molecule has 0 saturated carbocycles. The fourth-order valence-corrected chi connectivity index (χ4v) is 2.43. The quantitative estimate of drug-likeness (QED) is 0.598. The number of hydrogen-bond acceptors (Lipinski definition) is 2. The van der Waals surface area contributed by atoms with E-state index in [1.807, 2.05) is 0 Å². The summed E-state index contributed by atoms with van der Waals surface area (Å²) in [4.78, 5) is 0.178. The van der Waals surface area contributed by atoms with E-state index < -0.39 is 11.6 Å². The number of rotatable bonds is 3. The molecule has 0 aliphatic heterocycles. The number of benzene rings is 2. The molecule has 0 fully saturated rings. The van der Waals surface area contributed by atoms with Crippen molar-refractivity contribution in [2.45, 2.75) is 0 Å². The molecule has 2 aromatic carbocycles. The Labute approximate surface area is 133 Å². The van der Waals surface area contributed by atoms with Crippen molar-refractivity contribution < 1.29 is 8.78 Å². The molecule has 104 valence electrons. The Morgan fingerprint density at radius 2 is 1.90 bits per heavy atom. The van der Waals surface area contributed by atoms with Crippen molar-refractivity contribution in [3.8, 4) is 0 Å². The van der Waals surface area contributed by atoms with E-state index in [1.165, 1.54) is 6.07 Å². The molecule has 0 radical (unpaired) electrons. The van der Waals surface area contributed by atoms with Crippen LogP contribution in [-0.4, -0.2) is 4.99 Å². The highest BCUT2D eigenvalue weighted by atomic mass is 79.9. The Morgan fingerprint density at radius 1 is 1.20 bits per heavy atom. The monoisotopic (exact) mass is 376 g/mol. The van der Waals surface area contributed by atoms with E-state index in [9.17, 15) is 8.78 Å². The summed E-state index contributed by atoms with van der Waals surface area (Å²) in [6, 6.07) is 6.94. The second kappa shape index (κ2) is 6.03. The zero-order chi connectivity index (χ0) is 14.9. The molecule has 2 nitrogen and oxygen atoms in total. The minimum absolute atomic E-state index is 0.123. The highest BCUT2D eigenvalue weighted by Gasteiger charge is 2.10. The number of nitrogens with one attached hydrogen (secondary N) is 1. The van der Waals surface area contributed by atoms with Crippen molar-refractivity contribution in [3.63, 3.8) is 0 Å². The van der Waals surface area contributed by atoms with E-state index in [1.54, 1.807) is 18.2 Å². The van der Waals surface area contributed by atoms with Gasteiger partial charge in [0.1, 0.15) is 16.6 Å². The lowest BCUT2D eigenvalue weighted by atomic mass is 10.2. The summed E-state index contributed by atoms with van der Waals surface area (Å²) in [7, 11) is 0. The SMILES string of the molecule is NC(=S)c1ccc(Nc2cc(Br)c(F)cc2F)cc1Cl. The van der Waals surface area contributed by atoms with Crippen molar-refractivity contribution in [1.29, 1.82) is 0 Å². The molecule has 0 atom stereocenters. The van der Waals surface area contributed by atoms with Crippen LogP contribution in [0.1, 0.15) is 5.56 Å². The minimum Gasteiger partial charge on any atom is -0.389 e. The van der Waals surface area contributed by atoms with Gasteiger partial charge in [0.25, 0.3) is 0 Å². The van der Waals surface area contributed by atoms with Gasteiger partial charge in [0.05, 0.1) is 15.2 Å². The number of nitrogens with two attached hydrogens (primary N) is 1. The largest absolute Gasteiger partial charge is 0.389 e. The fourth-order valence-electron chi connectivity index (χ4n) is 1.57. The molecule has 0 unspecified atom stereocenters. The van der Waals surface area contributed by atoms with Crippen LogP contribution in [0.3, 0.4) is 0 Å². The van der Waals surface area contributed by atoms with E-state index in [0.29, 0.717) is 16.3 Å². The van der Waals surface area contributed by atoms with Crippen molar-refractivity contribution in [2.24, 2.45) is 5.73 Å². The molecule has 3 N–H and O–H groups in total. The average molecular weight is 378 g/mol. The predicted molar refractivity (Wildman–Crippen MR) is 84.7 cm³/mol. The third kappa shape index (κ3) is 3.26. The molecule has 0 heterocycles. The van der Waals surface area contributed by atoms with Gasteiger partial charge in [-0.2, -0.15) is 0 Å². The van der Waals surface area contributed by atoms with Crippen LogP contribution in [0.25, 0.3) is 0 Å². The van der Waals surface area contributed by atoms with Gasteiger partial charge in [-0.05, 0) is 40.2 Å². The summed E-state index contributed by atoms with van der Waals surface area (Å²) in [6.45, 7) is 0. The van der Waals surface area contributed by atoms with Gasteiger partial charge in [0.15, 0.2) is 0 Å². The highest BCUT2D eigenvalue weighted by Crippen LogP contribution is 2.28. The van der Waals surface area contributed by atoms with Crippen LogP contribution in [0, 0.1) is 11.6 Å². The van der Waals surface area contributed by atoms with Crippen molar-refractivity contribution in [1.82, 2.24) is 0 Å². The molecular weight excluding hydrogens is 370 g/mol. The average Bonchev–Trinajstić information content (AvgIpc) is 2.35.